The van der Waals surface area contributed by atoms with E-state index in [1.807, 2.05) is 16.7 Å². The molecule has 2 aromatic rings. The van der Waals surface area contributed by atoms with Crippen molar-refractivity contribution >= 4 is 11.0 Å². The van der Waals surface area contributed by atoms with Gasteiger partial charge in [-0.25, -0.2) is 4.79 Å². The van der Waals surface area contributed by atoms with E-state index in [4.69, 9.17) is 0 Å². The van der Waals surface area contributed by atoms with Crippen molar-refractivity contribution in [2.75, 3.05) is 0 Å². The molecule has 0 aliphatic heterocycles. The summed E-state index contributed by atoms with van der Waals surface area (Å²) in [4.78, 5) is 14.9. The van der Waals surface area contributed by atoms with Crippen LogP contribution in [0, 0.1) is 6.92 Å². The van der Waals surface area contributed by atoms with E-state index in [0.717, 1.165) is 23.9 Å². The first-order chi connectivity index (χ1) is 7.75. The van der Waals surface area contributed by atoms with Crippen molar-refractivity contribution in [3.63, 3.8) is 0 Å². The van der Waals surface area contributed by atoms with Crippen LogP contribution in [0.4, 0.5) is 0 Å². The Morgan fingerprint density at radius 3 is 2.81 bits per heavy atom. The maximum atomic E-state index is 11.9. The highest BCUT2D eigenvalue weighted by Gasteiger charge is 2.20. The van der Waals surface area contributed by atoms with Crippen LogP contribution >= 0.6 is 0 Å². The summed E-state index contributed by atoms with van der Waals surface area (Å²) < 4.78 is 1.95. The number of nitrogens with one attached hydrogen (secondary N) is 1. The zero-order valence-corrected chi connectivity index (χ0v) is 9.49. The maximum Gasteiger partial charge on any atom is 0.326 e. The first-order valence-electron chi connectivity index (χ1n) is 5.96. The molecular formula is C13H16N2O. The Balaban J connectivity index is 2.25. The number of aryl methyl sites for hydroxylation is 1. The lowest BCUT2D eigenvalue weighted by Gasteiger charge is -2.11. The molecule has 3 nitrogen and oxygen atoms in total. The zero-order valence-electron chi connectivity index (χ0n) is 9.49. The van der Waals surface area contributed by atoms with Gasteiger partial charge in [-0.05, 0) is 37.5 Å². The summed E-state index contributed by atoms with van der Waals surface area (Å²) in [6.45, 7) is 2.07. The first-order valence-corrected chi connectivity index (χ1v) is 5.96. The highest BCUT2D eigenvalue weighted by atomic mass is 16.1. The molecule has 16 heavy (non-hydrogen) atoms. The minimum atomic E-state index is 0.0486. The van der Waals surface area contributed by atoms with Crippen LogP contribution in [0.3, 0.4) is 0 Å². The number of rotatable bonds is 1. The second-order valence-electron chi connectivity index (χ2n) is 4.76. The fourth-order valence-corrected chi connectivity index (χ4v) is 2.76. The lowest BCUT2D eigenvalue weighted by Crippen LogP contribution is -2.20. The topological polar surface area (TPSA) is 37.8 Å². The molecule has 1 fully saturated rings. The Morgan fingerprint density at radius 2 is 2.06 bits per heavy atom. The number of aromatic nitrogens is 2. The van der Waals surface area contributed by atoms with Crippen molar-refractivity contribution in [3.8, 4) is 0 Å². The molecule has 1 heterocycles. The molecule has 0 spiro atoms. The average Bonchev–Trinajstić information content (AvgIpc) is 2.83. The van der Waals surface area contributed by atoms with Gasteiger partial charge in [-0.1, -0.05) is 18.9 Å². The van der Waals surface area contributed by atoms with E-state index in [-0.39, 0.29) is 5.69 Å². The van der Waals surface area contributed by atoms with E-state index < -0.39 is 0 Å². The maximum absolute atomic E-state index is 11.9. The standard InChI is InChI=1S/C13H16N2O/c1-9-6-7-11-12(8-9)15(13(16)14-11)10-4-2-3-5-10/h6-8,10H,2-5H2,1H3,(H,14,16). The quantitative estimate of drug-likeness (QED) is 0.782. The second-order valence-corrected chi connectivity index (χ2v) is 4.76. The molecule has 1 saturated carbocycles. The van der Waals surface area contributed by atoms with Crippen molar-refractivity contribution in [1.82, 2.24) is 9.55 Å². The van der Waals surface area contributed by atoms with Crippen molar-refractivity contribution in [3.05, 3.63) is 34.2 Å². The monoisotopic (exact) mass is 216 g/mol. The van der Waals surface area contributed by atoms with Crippen LogP contribution in [0.1, 0.15) is 37.3 Å². The Labute approximate surface area is 94.1 Å². The van der Waals surface area contributed by atoms with Gasteiger partial charge in [0.05, 0.1) is 11.0 Å². The van der Waals surface area contributed by atoms with Gasteiger partial charge in [0, 0.05) is 6.04 Å². The predicted molar refractivity (Wildman–Crippen MR) is 64.8 cm³/mol. The number of H-pyrrole nitrogens is 1. The van der Waals surface area contributed by atoms with Gasteiger partial charge in [0.1, 0.15) is 0 Å². The van der Waals surface area contributed by atoms with Crippen LogP contribution < -0.4 is 5.69 Å². The average molecular weight is 216 g/mol. The van der Waals surface area contributed by atoms with Crippen molar-refractivity contribution in [2.24, 2.45) is 0 Å². The van der Waals surface area contributed by atoms with E-state index in [1.54, 1.807) is 0 Å². The van der Waals surface area contributed by atoms with Crippen LogP contribution in [0.5, 0.6) is 0 Å². The predicted octanol–water partition coefficient (Wildman–Crippen LogP) is 2.75. The van der Waals surface area contributed by atoms with Crippen LogP contribution in [0.2, 0.25) is 0 Å². The van der Waals surface area contributed by atoms with Crippen molar-refractivity contribution in [1.29, 1.82) is 0 Å². The fourth-order valence-electron chi connectivity index (χ4n) is 2.76. The van der Waals surface area contributed by atoms with Gasteiger partial charge in [0.25, 0.3) is 0 Å². The molecule has 0 bridgehead atoms. The second kappa shape index (κ2) is 3.51. The first kappa shape index (κ1) is 9.70. The number of nitrogens with zero attached hydrogens (tertiary/aromatic N) is 1. The number of imidazole rings is 1. The van der Waals surface area contributed by atoms with Gasteiger partial charge >= 0.3 is 5.69 Å². The van der Waals surface area contributed by atoms with E-state index in [1.165, 1.54) is 18.4 Å². The minimum Gasteiger partial charge on any atom is -0.306 e. The molecule has 1 aliphatic rings. The Morgan fingerprint density at radius 1 is 1.31 bits per heavy atom. The molecule has 0 radical (unpaired) electrons. The third kappa shape index (κ3) is 1.39. The number of aromatic amines is 1. The van der Waals surface area contributed by atoms with Gasteiger partial charge in [0.2, 0.25) is 0 Å². The third-order valence-electron chi connectivity index (χ3n) is 3.56. The van der Waals surface area contributed by atoms with Crippen LogP contribution in [0.15, 0.2) is 23.0 Å². The molecule has 0 unspecified atom stereocenters. The van der Waals surface area contributed by atoms with E-state index in [0.29, 0.717) is 6.04 Å². The molecule has 3 rings (SSSR count). The van der Waals surface area contributed by atoms with Crippen LogP contribution in [-0.4, -0.2) is 9.55 Å². The molecule has 1 aliphatic carbocycles. The van der Waals surface area contributed by atoms with Gasteiger partial charge < -0.3 is 4.98 Å². The molecule has 3 heteroatoms. The summed E-state index contributed by atoms with van der Waals surface area (Å²) in [5.74, 6) is 0. The smallest absolute Gasteiger partial charge is 0.306 e. The van der Waals surface area contributed by atoms with E-state index >= 15 is 0 Å². The summed E-state index contributed by atoms with van der Waals surface area (Å²) in [6, 6.07) is 6.54. The molecular weight excluding hydrogens is 200 g/mol. The van der Waals surface area contributed by atoms with Crippen molar-refractivity contribution < 1.29 is 0 Å². The third-order valence-corrected chi connectivity index (χ3v) is 3.56. The normalized spacial score (nSPS) is 17.3. The highest BCUT2D eigenvalue weighted by Crippen LogP contribution is 2.30. The summed E-state index contributed by atoms with van der Waals surface area (Å²) >= 11 is 0. The number of benzene rings is 1. The van der Waals surface area contributed by atoms with Gasteiger partial charge in [0.15, 0.2) is 0 Å². The molecule has 0 atom stereocenters. The molecule has 0 amide bonds. The Hall–Kier alpha value is -1.51. The zero-order chi connectivity index (χ0) is 11.1. The van der Waals surface area contributed by atoms with E-state index in [2.05, 4.69) is 18.0 Å². The molecule has 84 valence electrons. The summed E-state index contributed by atoms with van der Waals surface area (Å²) in [5, 5.41) is 0. The summed E-state index contributed by atoms with van der Waals surface area (Å²) in [6.07, 6.45) is 4.77. The summed E-state index contributed by atoms with van der Waals surface area (Å²) in [7, 11) is 0. The molecule has 0 saturated heterocycles. The number of hydrogen-bond acceptors (Lipinski definition) is 1. The largest absolute Gasteiger partial charge is 0.326 e. The Bertz CT molecular complexity index is 573. The highest BCUT2D eigenvalue weighted by molar-refractivity contribution is 5.76. The molecule has 1 aromatic heterocycles. The Kier molecular flexibility index (Phi) is 2.13. The van der Waals surface area contributed by atoms with Gasteiger partial charge in [-0.15, -0.1) is 0 Å². The molecule has 1 aromatic carbocycles. The van der Waals surface area contributed by atoms with Crippen LogP contribution in [-0.2, 0) is 0 Å². The SMILES string of the molecule is Cc1ccc2[nH]c(=O)n(C3CCCC3)c2c1. The lowest BCUT2D eigenvalue weighted by molar-refractivity contribution is 0.518. The molecule has 1 N–H and O–H groups in total. The summed E-state index contributed by atoms with van der Waals surface area (Å²) in [5.41, 5.74) is 3.28. The fraction of sp³-hybridized carbons (Fsp3) is 0.462. The lowest BCUT2D eigenvalue weighted by atomic mass is 10.2. The minimum absolute atomic E-state index is 0.0486. The van der Waals surface area contributed by atoms with Crippen molar-refractivity contribution in [2.45, 2.75) is 38.6 Å². The van der Waals surface area contributed by atoms with Gasteiger partial charge in [-0.3, -0.25) is 4.57 Å². The van der Waals surface area contributed by atoms with Crippen LogP contribution in [0.25, 0.3) is 11.0 Å². The van der Waals surface area contributed by atoms with Gasteiger partial charge in [-0.2, -0.15) is 0 Å². The van der Waals surface area contributed by atoms with E-state index in [9.17, 15) is 4.79 Å². The number of hydrogen-bond donors (Lipinski definition) is 1. The number of fused-ring (bicyclic) bond motifs is 1.